The Bertz CT molecular complexity index is 199. The fourth-order valence-electron chi connectivity index (χ4n) is 0.705. The topological polar surface area (TPSA) is 17.1 Å². The Labute approximate surface area is 52.6 Å². The number of terminal acetylenes is 1. The van der Waals surface area contributed by atoms with Crippen LogP contribution in [0, 0.1) is 18.3 Å². The summed E-state index contributed by atoms with van der Waals surface area (Å²) in [6.07, 6.45) is 6.00. The third kappa shape index (κ3) is 0.857. The lowest BCUT2D eigenvalue weighted by atomic mass is 10.1. The molecule has 1 aliphatic carbocycles. The zero-order valence-electron chi connectivity index (χ0n) is 4.67. The minimum absolute atomic E-state index is 0.516. The summed E-state index contributed by atoms with van der Waals surface area (Å²) in [6.45, 7) is 0. The lowest BCUT2D eigenvalue weighted by Crippen LogP contribution is -2.14. The molecule has 0 fully saturated rings. The SMILES string of the molecule is C#CC1C=CC(=O)C1F. The molecule has 0 radical (unpaired) electrons. The van der Waals surface area contributed by atoms with Crippen LogP contribution in [0.5, 0.6) is 0 Å². The molecule has 0 saturated carbocycles. The van der Waals surface area contributed by atoms with Gasteiger partial charge in [0.1, 0.15) is 0 Å². The number of halogens is 1. The molecule has 0 amide bonds. The summed E-state index contributed by atoms with van der Waals surface area (Å²) < 4.78 is 12.4. The molecular weight excluding hydrogens is 119 g/mol. The lowest BCUT2D eigenvalue weighted by Gasteiger charge is -1.99. The molecule has 2 unspecified atom stereocenters. The van der Waals surface area contributed by atoms with Crippen molar-refractivity contribution in [1.29, 1.82) is 0 Å². The molecule has 0 spiro atoms. The third-order valence-corrected chi connectivity index (χ3v) is 1.25. The number of hydrogen-bond acceptors (Lipinski definition) is 1. The van der Waals surface area contributed by atoms with Crippen LogP contribution in [-0.4, -0.2) is 12.0 Å². The maximum Gasteiger partial charge on any atom is 0.191 e. The standard InChI is InChI=1S/C7H5FO/c1-2-5-3-4-6(9)7(5)8/h1,3-5,7H. The van der Waals surface area contributed by atoms with Crippen molar-refractivity contribution in [2.45, 2.75) is 6.17 Å². The molecule has 0 aliphatic heterocycles. The Balaban J connectivity index is 2.76. The van der Waals surface area contributed by atoms with Gasteiger partial charge >= 0.3 is 0 Å². The van der Waals surface area contributed by atoms with Gasteiger partial charge in [0.05, 0.1) is 5.92 Å². The second-order valence-electron chi connectivity index (χ2n) is 1.86. The highest BCUT2D eigenvalue weighted by Gasteiger charge is 2.27. The van der Waals surface area contributed by atoms with Crippen molar-refractivity contribution in [3.8, 4) is 12.3 Å². The van der Waals surface area contributed by atoms with Gasteiger partial charge in [-0.15, -0.1) is 6.42 Å². The second kappa shape index (κ2) is 2.02. The summed E-state index contributed by atoms with van der Waals surface area (Å²) in [5.41, 5.74) is 0. The van der Waals surface area contributed by atoms with Crippen LogP contribution in [0.3, 0.4) is 0 Å². The maximum atomic E-state index is 12.4. The van der Waals surface area contributed by atoms with Crippen LogP contribution in [0.1, 0.15) is 0 Å². The molecule has 1 nitrogen and oxygen atoms in total. The van der Waals surface area contributed by atoms with Gasteiger partial charge in [-0.25, -0.2) is 4.39 Å². The summed E-state index contributed by atoms with van der Waals surface area (Å²) in [5, 5.41) is 0. The lowest BCUT2D eigenvalue weighted by molar-refractivity contribution is -0.118. The quantitative estimate of drug-likeness (QED) is 0.435. The van der Waals surface area contributed by atoms with Crippen LogP contribution >= 0.6 is 0 Å². The van der Waals surface area contributed by atoms with E-state index in [1.807, 2.05) is 0 Å². The van der Waals surface area contributed by atoms with E-state index in [-0.39, 0.29) is 0 Å². The second-order valence-corrected chi connectivity index (χ2v) is 1.86. The Hall–Kier alpha value is -1.10. The van der Waals surface area contributed by atoms with Crippen molar-refractivity contribution >= 4 is 5.78 Å². The smallest absolute Gasteiger partial charge is 0.191 e. The highest BCUT2D eigenvalue weighted by molar-refractivity contribution is 5.96. The first kappa shape index (κ1) is 6.03. The molecular formula is C7H5FO. The van der Waals surface area contributed by atoms with Gasteiger partial charge in [0.25, 0.3) is 0 Å². The fraction of sp³-hybridized carbons (Fsp3) is 0.286. The van der Waals surface area contributed by atoms with Crippen LogP contribution in [-0.2, 0) is 4.79 Å². The number of allylic oxidation sites excluding steroid dienone is 2. The number of carbonyl (C=O) groups excluding carboxylic acids is 1. The van der Waals surface area contributed by atoms with Crippen LogP contribution in [0.25, 0.3) is 0 Å². The van der Waals surface area contributed by atoms with E-state index in [2.05, 4.69) is 5.92 Å². The number of ketones is 1. The molecule has 0 aromatic heterocycles. The van der Waals surface area contributed by atoms with Crippen molar-refractivity contribution in [2.24, 2.45) is 5.92 Å². The van der Waals surface area contributed by atoms with Gasteiger partial charge in [-0.3, -0.25) is 4.79 Å². The van der Waals surface area contributed by atoms with E-state index in [4.69, 9.17) is 6.42 Å². The number of rotatable bonds is 0. The predicted molar refractivity (Wildman–Crippen MR) is 31.4 cm³/mol. The van der Waals surface area contributed by atoms with Crippen molar-refractivity contribution < 1.29 is 9.18 Å². The summed E-state index contributed by atoms with van der Waals surface area (Å²) in [4.78, 5) is 10.4. The van der Waals surface area contributed by atoms with Gasteiger partial charge in [-0.1, -0.05) is 12.0 Å². The summed E-state index contributed by atoms with van der Waals surface area (Å²) >= 11 is 0. The van der Waals surface area contributed by atoms with E-state index >= 15 is 0 Å². The van der Waals surface area contributed by atoms with E-state index < -0.39 is 17.9 Å². The van der Waals surface area contributed by atoms with Crippen LogP contribution in [0.4, 0.5) is 4.39 Å². The Morgan fingerprint density at radius 2 is 2.44 bits per heavy atom. The van der Waals surface area contributed by atoms with Gasteiger partial charge in [-0.2, -0.15) is 0 Å². The van der Waals surface area contributed by atoms with E-state index in [1.165, 1.54) is 12.2 Å². The van der Waals surface area contributed by atoms with E-state index in [0.717, 1.165) is 0 Å². The molecule has 9 heavy (non-hydrogen) atoms. The van der Waals surface area contributed by atoms with Crippen molar-refractivity contribution in [3.05, 3.63) is 12.2 Å². The third-order valence-electron chi connectivity index (χ3n) is 1.25. The highest BCUT2D eigenvalue weighted by atomic mass is 19.1. The van der Waals surface area contributed by atoms with E-state index in [9.17, 15) is 9.18 Å². The normalized spacial score (nSPS) is 32.7. The highest BCUT2D eigenvalue weighted by Crippen LogP contribution is 2.16. The van der Waals surface area contributed by atoms with Crippen LogP contribution < -0.4 is 0 Å². The predicted octanol–water partition coefficient (Wildman–Crippen LogP) is 0.713. The minimum Gasteiger partial charge on any atom is -0.291 e. The maximum absolute atomic E-state index is 12.4. The molecule has 2 heteroatoms. The summed E-state index contributed by atoms with van der Waals surface area (Å²) in [7, 11) is 0. The zero-order chi connectivity index (χ0) is 6.85. The first-order valence-electron chi connectivity index (χ1n) is 2.58. The van der Waals surface area contributed by atoms with E-state index in [0.29, 0.717) is 0 Å². The summed E-state index contributed by atoms with van der Waals surface area (Å²) in [5.74, 6) is 1.02. The monoisotopic (exact) mass is 124 g/mol. The number of hydrogen-bond donors (Lipinski definition) is 0. The Morgan fingerprint density at radius 3 is 2.67 bits per heavy atom. The molecule has 1 aliphatic rings. The average molecular weight is 124 g/mol. The van der Waals surface area contributed by atoms with Gasteiger partial charge in [-0.05, 0) is 6.08 Å². The average Bonchev–Trinajstić information content (AvgIpc) is 2.15. The molecule has 0 N–H and O–H groups in total. The van der Waals surface area contributed by atoms with E-state index in [1.54, 1.807) is 0 Å². The number of alkyl halides is 1. The molecule has 46 valence electrons. The fourth-order valence-corrected chi connectivity index (χ4v) is 0.705. The molecule has 0 aromatic rings. The summed E-state index contributed by atoms with van der Waals surface area (Å²) in [6, 6.07) is 0. The van der Waals surface area contributed by atoms with Gasteiger partial charge in [0, 0.05) is 0 Å². The van der Waals surface area contributed by atoms with Crippen LogP contribution in [0.2, 0.25) is 0 Å². The van der Waals surface area contributed by atoms with Crippen molar-refractivity contribution in [1.82, 2.24) is 0 Å². The molecule has 0 aromatic carbocycles. The van der Waals surface area contributed by atoms with Gasteiger partial charge in [0.15, 0.2) is 12.0 Å². The molecule has 2 atom stereocenters. The molecule has 0 saturated heterocycles. The van der Waals surface area contributed by atoms with Crippen molar-refractivity contribution in [2.75, 3.05) is 0 Å². The molecule has 0 heterocycles. The number of carbonyl (C=O) groups is 1. The first-order chi connectivity index (χ1) is 4.25. The van der Waals surface area contributed by atoms with Crippen molar-refractivity contribution in [3.63, 3.8) is 0 Å². The van der Waals surface area contributed by atoms with Crippen LogP contribution in [0.15, 0.2) is 12.2 Å². The zero-order valence-corrected chi connectivity index (χ0v) is 4.67. The molecule has 1 rings (SSSR count). The largest absolute Gasteiger partial charge is 0.291 e. The van der Waals surface area contributed by atoms with Gasteiger partial charge in [0.2, 0.25) is 0 Å². The minimum atomic E-state index is -1.49. The van der Waals surface area contributed by atoms with Gasteiger partial charge < -0.3 is 0 Å². The first-order valence-corrected chi connectivity index (χ1v) is 2.58. The Morgan fingerprint density at radius 1 is 1.78 bits per heavy atom. The molecule has 0 bridgehead atoms. The Kier molecular flexibility index (Phi) is 1.35.